The Balaban J connectivity index is 0.980. The minimum absolute atomic E-state index is 0.247. The number of amides is 4. The van der Waals surface area contributed by atoms with Gasteiger partial charge in [0.05, 0.1) is 26.3 Å². The standard InChI is InChI=1S/C38H44N4O6/c39-37(43)41(47-27-31-7-3-1-4-8-31)23-29-15-19-35(20-16-29)45-25-33-11-13-34(14-12-33)26-46-36-21-17-30(18-22-36)24-42(38(40)44)48-28-32-9-5-2-6-10-32/h1-10,15-22,33-34H,11-14,23-28H2,(H2,39,43)(H2,40,44). The number of carbonyl (C=O) groups is 2. The lowest BCUT2D eigenvalue weighted by Gasteiger charge is -2.28. The zero-order chi connectivity index (χ0) is 33.6. The van der Waals surface area contributed by atoms with Gasteiger partial charge in [0.15, 0.2) is 0 Å². The SMILES string of the molecule is NC(=O)N(Cc1ccc(OCC2CCC(COc3ccc(CN(OCc4ccccc4)C(N)=O)cc3)CC2)cc1)OCc1ccccc1. The normalized spacial score (nSPS) is 15.8. The van der Waals surface area contributed by atoms with Gasteiger partial charge in [-0.05, 0) is 84.0 Å². The van der Waals surface area contributed by atoms with Crippen LogP contribution in [0.15, 0.2) is 109 Å². The first-order valence-electron chi connectivity index (χ1n) is 16.3. The third kappa shape index (κ3) is 11.0. The molecule has 4 aromatic carbocycles. The summed E-state index contributed by atoms with van der Waals surface area (Å²) in [7, 11) is 0. The Hall–Kier alpha value is -5.06. The van der Waals surface area contributed by atoms with E-state index in [1.807, 2.05) is 109 Å². The van der Waals surface area contributed by atoms with E-state index in [0.29, 0.717) is 25.0 Å². The average molecular weight is 653 g/mol. The molecule has 1 aliphatic carbocycles. The molecule has 0 spiro atoms. The van der Waals surface area contributed by atoms with Gasteiger partial charge in [0.25, 0.3) is 0 Å². The van der Waals surface area contributed by atoms with Crippen LogP contribution in [0.1, 0.15) is 47.9 Å². The number of hydrogen-bond acceptors (Lipinski definition) is 6. The minimum Gasteiger partial charge on any atom is -0.493 e. The zero-order valence-electron chi connectivity index (χ0n) is 27.1. The lowest BCUT2D eigenvalue weighted by atomic mass is 9.83. The van der Waals surface area contributed by atoms with Crippen molar-refractivity contribution in [2.24, 2.45) is 23.3 Å². The summed E-state index contributed by atoms with van der Waals surface area (Å²) in [4.78, 5) is 35.1. The van der Waals surface area contributed by atoms with Crippen LogP contribution in [0.4, 0.5) is 9.59 Å². The van der Waals surface area contributed by atoms with Crippen molar-refractivity contribution in [1.82, 2.24) is 10.1 Å². The van der Waals surface area contributed by atoms with Gasteiger partial charge in [-0.15, -0.1) is 0 Å². The van der Waals surface area contributed by atoms with Crippen LogP contribution in [0.3, 0.4) is 0 Å². The second kappa shape index (κ2) is 17.7. The lowest BCUT2D eigenvalue weighted by molar-refractivity contribution is -0.132. The van der Waals surface area contributed by atoms with Crippen molar-refractivity contribution >= 4 is 12.1 Å². The Morgan fingerprint density at radius 2 is 0.875 bits per heavy atom. The molecule has 5 rings (SSSR count). The molecule has 10 nitrogen and oxygen atoms in total. The van der Waals surface area contributed by atoms with E-state index < -0.39 is 12.1 Å². The summed E-state index contributed by atoms with van der Waals surface area (Å²) in [6, 6.07) is 33.3. The quantitative estimate of drug-likeness (QED) is 0.126. The third-order valence-electron chi connectivity index (χ3n) is 8.39. The number of nitrogens with zero attached hydrogens (tertiary/aromatic N) is 2. The Kier molecular flexibility index (Phi) is 12.7. The first-order chi connectivity index (χ1) is 23.4. The van der Waals surface area contributed by atoms with E-state index in [0.717, 1.165) is 59.4 Å². The van der Waals surface area contributed by atoms with Crippen molar-refractivity contribution < 1.29 is 28.7 Å². The minimum atomic E-state index is -0.639. The van der Waals surface area contributed by atoms with Crippen LogP contribution < -0.4 is 20.9 Å². The summed E-state index contributed by atoms with van der Waals surface area (Å²) >= 11 is 0. The number of hydroxylamine groups is 4. The molecule has 4 amide bonds. The average Bonchev–Trinajstić information content (AvgIpc) is 3.12. The number of nitrogens with two attached hydrogens (primary N) is 2. The van der Waals surface area contributed by atoms with Gasteiger partial charge in [0, 0.05) is 0 Å². The first kappa shape index (κ1) is 34.3. The Morgan fingerprint density at radius 3 is 1.21 bits per heavy atom. The van der Waals surface area contributed by atoms with Crippen molar-refractivity contribution in [2.75, 3.05) is 13.2 Å². The second-order valence-corrected chi connectivity index (χ2v) is 12.1. The Labute approximate surface area is 282 Å². The number of primary amides is 2. The summed E-state index contributed by atoms with van der Waals surface area (Å²) in [6.45, 7) is 2.35. The predicted octanol–water partition coefficient (Wildman–Crippen LogP) is 6.98. The molecule has 0 aliphatic heterocycles. The molecule has 252 valence electrons. The van der Waals surface area contributed by atoms with Gasteiger partial charge in [-0.2, -0.15) is 10.1 Å². The summed E-state index contributed by atoms with van der Waals surface area (Å²) in [5, 5.41) is 2.34. The van der Waals surface area contributed by atoms with Crippen LogP contribution in [0.5, 0.6) is 11.5 Å². The number of carbonyl (C=O) groups excluding carboxylic acids is 2. The molecule has 0 atom stereocenters. The van der Waals surface area contributed by atoms with Crippen molar-refractivity contribution in [1.29, 1.82) is 0 Å². The molecule has 4 aromatic rings. The second-order valence-electron chi connectivity index (χ2n) is 12.1. The van der Waals surface area contributed by atoms with Crippen LogP contribution in [0.25, 0.3) is 0 Å². The molecule has 0 heterocycles. The summed E-state index contributed by atoms with van der Waals surface area (Å²) in [5.41, 5.74) is 14.8. The predicted molar refractivity (Wildman–Crippen MR) is 182 cm³/mol. The van der Waals surface area contributed by atoms with Gasteiger partial charge in [0.2, 0.25) is 0 Å². The number of ether oxygens (including phenoxy) is 2. The van der Waals surface area contributed by atoms with E-state index in [9.17, 15) is 9.59 Å². The summed E-state index contributed by atoms with van der Waals surface area (Å²) < 4.78 is 12.2. The van der Waals surface area contributed by atoms with Gasteiger partial charge in [-0.1, -0.05) is 84.9 Å². The lowest BCUT2D eigenvalue weighted by Crippen LogP contribution is -2.35. The van der Waals surface area contributed by atoms with E-state index in [1.54, 1.807) is 0 Å². The molecule has 1 saturated carbocycles. The van der Waals surface area contributed by atoms with Gasteiger partial charge in [-0.3, -0.25) is 9.68 Å². The number of benzene rings is 4. The number of hydrogen-bond donors (Lipinski definition) is 2. The maximum absolute atomic E-state index is 11.9. The fourth-order valence-corrected chi connectivity index (χ4v) is 5.53. The maximum atomic E-state index is 11.9. The highest BCUT2D eigenvalue weighted by molar-refractivity contribution is 5.71. The van der Waals surface area contributed by atoms with Gasteiger partial charge >= 0.3 is 12.1 Å². The van der Waals surface area contributed by atoms with Crippen LogP contribution >= 0.6 is 0 Å². The molecule has 10 heteroatoms. The molecular formula is C38H44N4O6. The molecule has 1 fully saturated rings. The fourth-order valence-electron chi connectivity index (χ4n) is 5.53. The highest BCUT2D eigenvalue weighted by Crippen LogP contribution is 2.30. The molecule has 0 aromatic heterocycles. The van der Waals surface area contributed by atoms with Gasteiger partial charge < -0.3 is 20.9 Å². The van der Waals surface area contributed by atoms with Gasteiger partial charge in [-0.25, -0.2) is 9.59 Å². The summed E-state index contributed by atoms with van der Waals surface area (Å²) in [5.74, 6) is 2.58. The molecule has 1 aliphatic rings. The van der Waals surface area contributed by atoms with Crippen LogP contribution in [0, 0.1) is 11.8 Å². The number of rotatable bonds is 16. The number of urea groups is 2. The molecular weight excluding hydrogens is 608 g/mol. The van der Waals surface area contributed by atoms with Gasteiger partial charge in [0.1, 0.15) is 24.7 Å². The van der Waals surface area contributed by atoms with Crippen LogP contribution in [-0.2, 0) is 36.0 Å². The molecule has 0 radical (unpaired) electrons. The molecule has 48 heavy (non-hydrogen) atoms. The molecule has 0 saturated heterocycles. The fraction of sp³-hybridized carbons (Fsp3) is 0.316. The first-order valence-corrected chi connectivity index (χ1v) is 16.3. The topological polar surface area (TPSA) is 130 Å². The van der Waals surface area contributed by atoms with E-state index >= 15 is 0 Å². The molecule has 4 N–H and O–H groups in total. The Bertz CT molecular complexity index is 1430. The van der Waals surface area contributed by atoms with E-state index in [1.165, 1.54) is 10.1 Å². The highest BCUT2D eigenvalue weighted by Gasteiger charge is 2.22. The van der Waals surface area contributed by atoms with Crippen molar-refractivity contribution in [2.45, 2.75) is 52.0 Å². The van der Waals surface area contributed by atoms with E-state index in [4.69, 9.17) is 30.6 Å². The molecule has 0 bridgehead atoms. The van der Waals surface area contributed by atoms with Crippen molar-refractivity contribution in [3.63, 3.8) is 0 Å². The zero-order valence-corrected chi connectivity index (χ0v) is 27.1. The van der Waals surface area contributed by atoms with Crippen LogP contribution in [0.2, 0.25) is 0 Å². The van der Waals surface area contributed by atoms with Crippen molar-refractivity contribution in [3.05, 3.63) is 131 Å². The molecule has 0 unspecified atom stereocenters. The Morgan fingerprint density at radius 1 is 0.521 bits per heavy atom. The van der Waals surface area contributed by atoms with E-state index in [-0.39, 0.29) is 26.3 Å². The van der Waals surface area contributed by atoms with Crippen LogP contribution in [-0.4, -0.2) is 35.4 Å². The third-order valence-corrected chi connectivity index (χ3v) is 8.39. The highest BCUT2D eigenvalue weighted by atomic mass is 16.7. The smallest absolute Gasteiger partial charge is 0.339 e. The maximum Gasteiger partial charge on any atom is 0.339 e. The van der Waals surface area contributed by atoms with E-state index in [2.05, 4.69) is 0 Å². The monoisotopic (exact) mass is 652 g/mol. The summed E-state index contributed by atoms with van der Waals surface area (Å²) in [6.07, 6.45) is 4.35. The van der Waals surface area contributed by atoms with Crippen molar-refractivity contribution in [3.8, 4) is 11.5 Å². The largest absolute Gasteiger partial charge is 0.493 e.